The molecule has 0 saturated carbocycles. The predicted molar refractivity (Wildman–Crippen MR) is 102 cm³/mol. The van der Waals surface area contributed by atoms with E-state index >= 15 is 0 Å². The summed E-state index contributed by atoms with van der Waals surface area (Å²) in [4.78, 5) is 12.0. The Morgan fingerprint density at radius 2 is 1.78 bits per heavy atom. The molecular formula is C20H19FN4O2. The number of benzene rings is 2. The Morgan fingerprint density at radius 3 is 2.44 bits per heavy atom. The van der Waals surface area contributed by atoms with Crippen molar-refractivity contribution in [2.24, 2.45) is 0 Å². The number of halogens is 1. The van der Waals surface area contributed by atoms with Gasteiger partial charge in [-0.25, -0.2) is 4.39 Å². The Bertz CT molecular complexity index is 899. The molecule has 0 aliphatic carbocycles. The number of hydrogen-bond donors (Lipinski definition) is 2. The first-order chi connectivity index (χ1) is 13.1. The summed E-state index contributed by atoms with van der Waals surface area (Å²) in [7, 11) is 0. The molecule has 1 heterocycles. The van der Waals surface area contributed by atoms with Crippen LogP contribution in [-0.2, 0) is 11.2 Å². The van der Waals surface area contributed by atoms with Crippen LogP contribution in [0.25, 0.3) is 0 Å². The third-order valence-electron chi connectivity index (χ3n) is 3.62. The average Bonchev–Trinajstić information content (AvgIpc) is 2.65. The third-order valence-corrected chi connectivity index (χ3v) is 3.62. The molecule has 0 spiro atoms. The molecule has 3 rings (SSSR count). The maximum atomic E-state index is 13.2. The standard InChI is InChI=1S/C20H19FN4O2/c1-2-27-17-8-6-16(7-9-17)22-18-10-11-19(25-24-18)23-20(26)13-14-4-3-5-15(21)12-14/h3-12H,2,13H2,1H3,(H,22,24)(H,23,25,26). The number of carbonyl (C=O) groups is 1. The second-order valence-corrected chi connectivity index (χ2v) is 5.74. The van der Waals surface area contributed by atoms with E-state index in [0.717, 1.165) is 11.4 Å². The summed E-state index contributed by atoms with van der Waals surface area (Å²) in [5.41, 5.74) is 1.44. The molecule has 3 aromatic rings. The Morgan fingerprint density at radius 1 is 1.04 bits per heavy atom. The molecule has 1 amide bonds. The maximum absolute atomic E-state index is 13.2. The molecule has 138 valence electrons. The summed E-state index contributed by atoms with van der Waals surface area (Å²) in [6, 6.07) is 16.8. The lowest BCUT2D eigenvalue weighted by Gasteiger charge is -2.08. The number of aromatic nitrogens is 2. The van der Waals surface area contributed by atoms with Crippen molar-refractivity contribution in [3.8, 4) is 5.75 Å². The number of nitrogens with zero attached hydrogens (tertiary/aromatic N) is 2. The van der Waals surface area contributed by atoms with Gasteiger partial charge in [0, 0.05) is 5.69 Å². The lowest BCUT2D eigenvalue weighted by molar-refractivity contribution is -0.115. The van der Waals surface area contributed by atoms with Crippen LogP contribution in [0.1, 0.15) is 12.5 Å². The van der Waals surface area contributed by atoms with Crippen LogP contribution in [0.2, 0.25) is 0 Å². The van der Waals surface area contributed by atoms with Crippen molar-refractivity contribution in [1.29, 1.82) is 0 Å². The molecule has 1 aromatic heterocycles. The van der Waals surface area contributed by atoms with Crippen LogP contribution in [0.4, 0.5) is 21.7 Å². The molecule has 7 heteroatoms. The number of hydrogen-bond acceptors (Lipinski definition) is 5. The van der Waals surface area contributed by atoms with Crippen molar-refractivity contribution >= 4 is 23.2 Å². The highest BCUT2D eigenvalue weighted by molar-refractivity contribution is 5.91. The van der Waals surface area contributed by atoms with Gasteiger partial charge in [-0.3, -0.25) is 4.79 Å². The van der Waals surface area contributed by atoms with Gasteiger partial charge in [0.05, 0.1) is 13.0 Å². The second-order valence-electron chi connectivity index (χ2n) is 5.74. The number of anilines is 3. The molecular weight excluding hydrogens is 347 g/mol. The molecule has 6 nitrogen and oxygen atoms in total. The van der Waals surface area contributed by atoms with Crippen LogP contribution in [0.15, 0.2) is 60.7 Å². The van der Waals surface area contributed by atoms with E-state index in [1.807, 2.05) is 31.2 Å². The molecule has 2 N–H and O–H groups in total. The lowest BCUT2D eigenvalue weighted by atomic mass is 10.1. The number of ether oxygens (including phenoxy) is 1. The normalized spacial score (nSPS) is 10.3. The summed E-state index contributed by atoms with van der Waals surface area (Å²) < 4.78 is 18.6. The monoisotopic (exact) mass is 366 g/mol. The molecule has 0 fully saturated rings. The van der Waals surface area contributed by atoms with Crippen molar-refractivity contribution in [2.45, 2.75) is 13.3 Å². The minimum Gasteiger partial charge on any atom is -0.494 e. The molecule has 0 radical (unpaired) electrons. The van der Waals surface area contributed by atoms with Gasteiger partial charge in [-0.05, 0) is 61.0 Å². The maximum Gasteiger partial charge on any atom is 0.229 e. The van der Waals surface area contributed by atoms with Crippen molar-refractivity contribution in [3.05, 3.63) is 72.0 Å². The molecule has 0 aliphatic rings. The number of amides is 1. The highest BCUT2D eigenvalue weighted by Gasteiger charge is 2.07. The molecule has 0 unspecified atom stereocenters. The zero-order chi connectivity index (χ0) is 19.1. The van der Waals surface area contributed by atoms with Gasteiger partial charge in [0.1, 0.15) is 11.6 Å². The number of rotatable bonds is 7. The van der Waals surface area contributed by atoms with Gasteiger partial charge < -0.3 is 15.4 Å². The van der Waals surface area contributed by atoms with Gasteiger partial charge in [-0.2, -0.15) is 0 Å². The van der Waals surface area contributed by atoms with E-state index in [4.69, 9.17) is 4.74 Å². The van der Waals surface area contributed by atoms with Crippen molar-refractivity contribution in [3.63, 3.8) is 0 Å². The van der Waals surface area contributed by atoms with Crippen LogP contribution >= 0.6 is 0 Å². The highest BCUT2D eigenvalue weighted by Crippen LogP contribution is 2.19. The first kappa shape index (κ1) is 18.3. The fourth-order valence-corrected chi connectivity index (χ4v) is 2.43. The summed E-state index contributed by atoms with van der Waals surface area (Å²) >= 11 is 0. The van der Waals surface area contributed by atoms with E-state index in [1.54, 1.807) is 24.3 Å². The average molecular weight is 366 g/mol. The summed E-state index contributed by atoms with van der Waals surface area (Å²) in [5, 5.41) is 13.8. The minimum absolute atomic E-state index is 0.0611. The Labute approximate surface area is 156 Å². The fraction of sp³-hybridized carbons (Fsp3) is 0.150. The SMILES string of the molecule is CCOc1ccc(Nc2ccc(NC(=O)Cc3cccc(F)c3)nn2)cc1. The highest BCUT2D eigenvalue weighted by atomic mass is 19.1. The topological polar surface area (TPSA) is 76.1 Å². The van der Waals surface area contributed by atoms with Crippen molar-refractivity contribution < 1.29 is 13.9 Å². The number of carbonyl (C=O) groups excluding carboxylic acids is 1. The van der Waals surface area contributed by atoms with E-state index in [9.17, 15) is 9.18 Å². The zero-order valence-electron chi connectivity index (χ0n) is 14.8. The smallest absolute Gasteiger partial charge is 0.229 e. The fourth-order valence-electron chi connectivity index (χ4n) is 2.43. The van der Waals surface area contributed by atoms with Gasteiger partial charge in [0.25, 0.3) is 0 Å². The first-order valence-electron chi connectivity index (χ1n) is 8.50. The van der Waals surface area contributed by atoms with Crippen LogP contribution in [-0.4, -0.2) is 22.7 Å². The molecule has 0 atom stereocenters. The molecule has 0 aliphatic heterocycles. The van der Waals surface area contributed by atoms with Crippen LogP contribution in [0.5, 0.6) is 5.75 Å². The van der Waals surface area contributed by atoms with E-state index in [2.05, 4.69) is 20.8 Å². The van der Waals surface area contributed by atoms with Gasteiger partial charge >= 0.3 is 0 Å². The third kappa shape index (κ3) is 5.50. The summed E-state index contributed by atoms with van der Waals surface area (Å²) in [6.07, 6.45) is 0.0611. The van der Waals surface area contributed by atoms with Crippen molar-refractivity contribution in [2.75, 3.05) is 17.2 Å². The predicted octanol–water partition coefficient (Wildman–Crippen LogP) is 3.94. The number of nitrogens with one attached hydrogen (secondary N) is 2. The molecule has 2 aromatic carbocycles. The van der Waals surface area contributed by atoms with Crippen LogP contribution in [0, 0.1) is 5.82 Å². The van der Waals surface area contributed by atoms with E-state index in [-0.39, 0.29) is 18.1 Å². The Balaban J connectivity index is 1.55. The second kappa shape index (κ2) is 8.75. The van der Waals surface area contributed by atoms with Gasteiger partial charge in [0.15, 0.2) is 11.6 Å². The van der Waals surface area contributed by atoms with Gasteiger partial charge in [-0.1, -0.05) is 12.1 Å². The Hall–Kier alpha value is -3.48. The summed E-state index contributed by atoms with van der Waals surface area (Å²) in [5.74, 6) is 1.01. The Kier molecular flexibility index (Phi) is 5.94. The van der Waals surface area contributed by atoms with E-state index < -0.39 is 0 Å². The minimum atomic E-state index is -0.371. The first-order valence-corrected chi connectivity index (χ1v) is 8.50. The van der Waals surface area contributed by atoms with Crippen LogP contribution < -0.4 is 15.4 Å². The summed E-state index contributed by atoms with van der Waals surface area (Å²) in [6.45, 7) is 2.55. The molecule has 27 heavy (non-hydrogen) atoms. The lowest BCUT2D eigenvalue weighted by Crippen LogP contribution is -2.15. The van der Waals surface area contributed by atoms with Gasteiger partial charge in [-0.15, -0.1) is 10.2 Å². The van der Waals surface area contributed by atoms with E-state index in [0.29, 0.717) is 23.8 Å². The van der Waals surface area contributed by atoms with Crippen molar-refractivity contribution in [1.82, 2.24) is 10.2 Å². The zero-order valence-corrected chi connectivity index (χ0v) is 14.8. The molecule has 0 saturated heterocycles. The van der Waals surface area contributed by atoms with Gasteiger partial charge in [0.2, 0.25) is 5.91 Å². The quantitative estimate of drug-likeness (QED) is 0.662. The largest absolute Gasteiger partial charge is 0.494 e. The van der Waals surface area contributed by atoms with E-state index in [1.165, 1.54) is 12.1 Å². The molecule has 0 bridgehead atoms. The van der Waals surface area contributed by atoms with Crippen LogP contribution in [0.3, 0.4) is 0 Å².